The molecule has 0 unspecified atom stereocenters. The Morgan fingerprint density at radius 2 is 1.83 bits per heavy atom. The van der Waals surface area contributed by atoms with Crippen molar-refractivity contribution in [3.05, 3.63) is 35.7 Å². The van der Waals surface area contributed by atoms with Gasteiger partial charge in [-0.05, 0) is 12.1 Å². The summed E-state index contributed by atoms with van der Waals surface area (Å²) < 4.78 is 11.6. The predicted octanol–water partition coefficient (Wildman–Crippen LogP) is 0.293. The first-order valence-electron chi connectivity index (χ1n) is 6.58. The zero-order valence-corrected chi connectivity index (χ0v) is 12.9. The van der Waals surface area contributed by atoms with Crippen LogP contribution in [0.3, 0.4) is 0 Å². The molecule has 0 fully saturated rings. The first-order valence-corrected chi connectivity index (χ1v) is 6.58. The molecule has 0 bridgehead atoms. The molecule has 2 amide bonds. The largest absolute Gasteiger partial charge is 0.493 e. The van der Waals surface area contributed by atoms with Crippen LogP contribution >= 0.6 is 0 Å². The standard InChI is InChI=1S/C14H17N5O4/c1-19-10(14(21)17-15)7-9(18-19)13(20)16-8-4-5-11(22-2)12(6-8)23-3/h4-7H,15H2,1-3H3,(H,16,20)(H,17,21). The SMILES string of the molecule is COc1ccc(NC(=O)c2cc(C(=O)NN)n(C)n2)cc1OC. The van der Waals surface area contributed by atoms with E-state index in [0.29, 0.717) is 17.2 Å². The van der Waals surface area contributed by atoms with Crippen LogP contribution in [0.25, 0.3) is 0 Å². The maximum atomic E-state index is 12.2. The summed E-state index contributed by atoms with van der Waals surface area (Å²) in [5, 5.41) is 6.65. The van der Waals surface area contributed by atoms with Gasteiger partial charge in [0.1, 0.15) is 5.69 Å². The van der Waals surface area contributed by atoms with Crippen LogP contribution < -0.4 is 26.1 Å². The minimum atomic E-state index is -0.537. The second-order valence-electron chi connectivity index (χ2n) is 4.54. The van der Waals surface area contributed by atoms with Gasteiger partial charge in [-0.25, -0.2) is 5.84 Å². The van der Waals surface area contributed by atoms with Crippen LogP contribution in [0.2, 0.25) is 0 Å². The molecule has 0 aliphatic rings. The van der Waals surface area contributed by atoms with Crippen molar-refractivity contribution >= 4 is 17.5 Å². The van der Waals surface area contributed by atoms with Gasteiger partial charge in [-0.2, -0.15) is 5.10 Å². The summed E-state index contributed by atoms with van der Waals surface area (Å²) in [6.07, 6.45) is 0. The van der Waals surface area contributed by atoms with Crippen LogP contribution in [0.1, 0.15) is 21.0 Å². The highest BCUT2D eigenvalue weighted by Gasteiger charge is 2.17. The molecule has 9 nitrogen and oxygen atoms in total. The van der Waals surface area contributed by atoms with E-state index in [0.717, 1.165) is 0 Å². The number of aromatic nitrogens is 2. The number of rotatable bonds is 5. The van der Waals surface area contributed by atoms with Crippen LogP contribution in [0.5, 0.6) is 11.5 Å². The number of carbonyl (C=O) groups excluding carboxylic acids is 2. The molecular weight excluding hydrogens is 302 g/mol. The predicted molar refractivity (Wildman–Crippen MR) is 82.4 cm³/mol. The average molecular weight is 319 g/mol. The fourth-order valence-corrected chi connectivity index (χ4v) is 1.97. The van der Waals surface area contributed by atoms with Crippen molar-refractivity contribution in [2.75, 3.05) is 19.5 Å². The van der Waals surface area contributed by atoms with Crippen molar-refractivity contribution in [1.29, 1.82) is 0 Å². The Kier molecular flexibility index (Phi) is 4.82. The van der Waals surface area contributed by atoms with E-state index in [1.54, 1.807) is 18.2 Å². The highest BCUT2D eigenvalue weighted by molar-refractivity contribution is 6.04. The van der Waals surface area contributed by atoms with Gasteiger partial charge in [-0.1, -0.05) is 0 Å². The van der Waals surface area contributed by atoms with Crippen molar-refractivity contribution < 1.29 is 19.1 Å². The third-order valence-corrected chi connectivity index (χ3v) is 3.12. The van der Waals surface area contributed by atoms with E-state index in [4.69, 9.17) is 15.3 Å². The highest BCUT2D eigenvalue weighted by Crippen LogP contribution is 2.29. The molecule has 0 aliphatic heterocycles. The normalized spacial score (nSPS) is 10.1. The third-order valence-electron chi connectivity index (χ3n) is 3.12. The number of aryl methyl sites for hydroxylation is 1. The monoisotopic (exact) mass is 319 g/mol. The van der Waals surface area contributed by atoms with E-state index in [-0.39, 0.29) is 11.4 Å². The number of nitrogen functional groups attached to an aromatic ring is 1. The number of hydrogen-bond acceptors (Lipinski definition) is 6. The lowest BCUT2D eigenvalue weighted by molar-refractivity contribution is 0.0943. The molecule has 0 atom stereocenters. The van der Waals surface area contributed by atoms with Gasteiger partial charge in [-0.15, -0.1) is 0 Å². The molecule has 0 aliphatic carbocycles. The molecule has 2 rings (SSSR count). The second-order valence-corrected chi connectivity index (χ2v) is 4.54. The Balaban J connectivity index is 2.21. The van der Waals surface area contributed by atoms with Gasteiger partial charge in [0.25, 0.3) is 11.8 Å². The summed E-state index contributed by atoms with van der Waals surface area (Å²) in [6, 6.07) is 6.29. The van der Waals surface area contributed by atoms with E-state index in [1.807, 2.05) is 5.43 Å². The summed E-state index contributed by atoms with van der Waals surface area (Å²) in [7, 11) is 4.56. The number of nitrogens with one attached hydrogen (secondary N) is 2. The Bertz CT molecular complexity index is 741. The number of nitrogens with two attached hydrogens (primary N) is 1. The molecule has 0 saturated carbocycles. The number of benzene rings is 1. The van der Waals surface area contributed by atoms with Crippen LogP contribution in [-0.2, 0) is 7.05 Å². The molecular formula is C14H17N5O4. The maximum Gasteiger partial charge on any atom is 0.283 e. The van der Waals surface area contributed by atoms with Crippen molar-refractivity contribution in [3.63, 3.8) is 0 Å². The number of anilines is 1. The Hall–Kier alpha value is -3.07. The molecule has 1 heterocycles. The zero-order chi connectivity index (χ0) is 17.0. The smallest absolute Gasteiger partial charge is 0.283 e. The van der Waals surface area contributed by atoms with E-state index >= 15 is 0 Å². The Morgan fingerprint density at radius 1 is 1.13 bits per heavy atom. The van der Waals surface area contributed by atoms with E-state index in [2.05, 4.69) is 10.4 Å². The third kappa shape index (κ3) is 3.40. The quantitative estimate of drug-likeness (QED) is 0.414. The number of carbonyl (C=O) groups is 2. The molecule has 122 valence electrons. The number of methoxy groups -OCH3 is 2. The van der Waals surface area contributed by atoms with E-state index < -0.39 is 11.8 Å². The Labute approximate surface area is 132 Å². The topological polar surface area (TPSA) is 120 Å². The molecule has 0 spiro atoms. The number of amides is 2. The Morgan fingerprint density at radius 3 is 2.43 bits per heavy atom. The second kappa shape index (κ2) is 6.79. The minimum absolute atomic E-state index is 0.0842. The van der Waals surface area contributed by atoms with Gasteiger partial charge in [0.15, 0.2) is 17.2 Å². The van der Waals surface area contributed by atoms with E-state index in [1.165, 1.54) is 32.0 Å². The molecule has 9 heteroatoms. The van der Waals surface area contributed by atoms with Crippen LogP contribution in [0.15, 0.2) is 24.3 Å². The van der Waals surface area contributed by atoms with Gasteiger partial charge >= 0.3 is 0 Å². The van der Waals surface area contributed by atoms with Crippen molar-refractivity contribution in [1.82, 2.24) is 15.2 Å². The fraction of sp³-hybridized carbons (Fsp3) is 0.214. The fourth-order valence-electron chi connectivity index (χ4n) is 1.97. The van der Waals surface area contributed by atoms with Gasteiger partial charge < -0.3 is 14.8 Å². The van der Waals surface area contributed by atoms with Gasteiger partial charge in [-0.3, -0.25) is 19.7 Å². The number of nitrogens with zero attached hydrogens (tertiary/aromatic N) is 2. The molecule has 0 radical (unpaired) electrons. The lowest BCUT2D eigenvalue weighted by Gasteiger charge is -2.09. The molecule has 23 heavy (non-hydrogen) atoms. The van der Waals surface area contributed by atoms with Crippen LogP contribution in [0, 0.1) is 0 Å². The van der Waals surface area contributed by atoms with Gasteiger partial charge in [0.05, 0.1) is 14.2 Å². The lowest BCUT2D eigenvalue weighted by Crippen LogP contribution is -2.31. The summed E-state index contributed by atoms with van der Waals surface area (Å²) in [5.41, 5.74) is 2.75. The highest BCUT2D eigenvalue weighted by atomic mass is 16.5. The molecule has 1 aromatic heterocycles. The summed E-state index contributed by atoms with van der Waals surface area (Å²) in [4.78, 5) is 23.7. The lowest BCUT2D eigenvalue weighted by atomic mass is 10.2. The molecule has 1 aromatic carbocycles. The van der Waals surface area contributed by atoms with Gasteiger partial charge in [0.2, 0.25) is 0 Å². The molecule has 2 aromatic rings. The van der Waals surface area contributed by atoms with Crippen molar-refractivity contribution in [2.24, 2.45) is 12.9 Å². The summed E-state index contributed by atoms with van der Waals surface area (Å²) in [5.74, 6) is 5.10. The van der Waals surface area contributed by atoms with Gasteiger partial charge in [0, 0.05) is 24.9 Å². The van der Waals surface area contributed by atoms with Crippen LogP contribution in [-0.4, -0.2) is 35.8 Å². The first kappa shape index (κ1) is 16.3. The number of hydrazine groups is 1. The van der Waals surface area contributed by atoms with Crippen LogP contribution in [0.4, 0.5) is 5.69 Å². The van der Waals surface area contributed by atoms with Crippen molar-refractivity contribution in [2.45, 2.75) is 0 Å². The first-order chi connectivity index (χ1) is 11.0. The number of ether oxygens (including phenoxy) is 2. The minimum Gasteiger partial charge on any atom is -0.493 e. The average Bonchev–Trinajstić information content (AvgIpc) is 2.96. The molecule has 0 saturated heterocycles. The zero-order valence-electron chi connectivity index (χ0n) is 12.9. The van der Waals surface area contributed by atoms with E-state index in [9.17, 15) is 9.59 Å². The summed E-state index contributed by atoms with van der Waals surface area (Å²) in [6.45, 7) is 0. The van der Waals surface area contributed by atoms with Crippen molar-refractivity contribution in [3.8, 4) is 11.5 Å². The molecule has 4 N–H and O–H groups in total. The summed E-state index contributed by atoms with van der Waals surface area (Å²) >= 11 is 0. The number of hydrogen-bond donors (Lipinski definition) is 3. The maximum absolute atomic E-state index is 12.2.